The molecule has 1 heterocycles. The quantitative estimate of drug-likeness (QED) is 0.313. The number of ether oxygens (including phenoxy) is 1. The number of rotatable bonds is 6. The summed E-state index contributed by atoms with van der Waals surface area (Å²) in [5, 5.41) is 0.778. The lowest BCUT2D eigenvalue weighted by Crippen LogP contribution is -2.14. The molecule has 0 amide bonds. The summed E-state index contributed by atoms with van der Waals surface area (Å²) < 4.78 is 19.9. The van der Waals surface area contributed by atoms with Crippen LogP contribution in [-0.4, -0.2) is 22.9 Å². The third-order valence-electron chi connectivity index (χ3n) is 4.04. The summed E-state index contributed by atoms with van der Waals surface area (Å²) in [7, 11) is 0. The molecule has 0 fully saturated rings. The number of fused-ring (bicyclic) bond motifs is 1. The second kappa shape index (κ2) is 7.97. The molecular weight excluding hydrogens is 347 g/mol. The first-order valence-electron chi connectivity index (χ1n) is 8.47. The van der Waals surface area contributed by atoms with Crippen LogP contribution in [0.1, 0.15) is 23.0 Å². The third-order valence-corrected chi connectivity index (χ3v) is 4.04. The van der Waals surface area contributed by atoms with Crippen molar-refractivity contribution in [3.63, 3.8) is 0 Å². The maximum atomic E-state index is 13.0. The molecule has 0 spiro atoms. The summed E-state index contributed by atoms with van der Waals surface area (Å²) in [4.78, 5) is 23.8. The number of nitrogens with zero attached hydrogens (tertiary/aromatic N) is 1. The van der Waals surface area contributed by atoms with Gasteiger partial charge in [-0.15, -0.1) is 0 Å². The highest BCUT2D eigenvalue weighted by atomic mass is 19.1. The molecule has 0 atom stereocenters. The first-order chi connectivity index (χ1) is 13.0. The van der Waals surface area contributed by atoms with E-state index in [0.29, 0.717) is 24.5 Å². The molecule has 138 valence electrons. The van der Waals surface area contributed by atoms with E-state index < -0.39 is 5.97 Å². The maximum Gasteiger partial charge on any atom is 0.308 e. The number of carbonyl (C=O) groups excluding carboxylic acids is 2. The monoisotopic (exact) mass is 366 g/mol. The van der Waals surface area contributed by atoms with Crippen LogP contribution in [0.15, 0.2) is 54.6 Å². The smallest absolute Gasteiger partial charge is 0.308 e. The van der Waals surface area contributed by atoms with Crippen LogP contribution in [0.3, 0.4) is 0 Å². The van der Waals surface area contributed by atoms with Gasteiger partial charge >= 0.3 is 5.97 Å². The largest absolute Gasteiger partial charge is 0.427 e. The van der Waals surface area contributed by atoms with Gasteiger partial charge in [0, 0.05) is 30.9 Å². The lowest BCUT2D eigenvalue weighted by molar-refractivity contribution is -0.131. The summed E-state index contributed by atoms with van der Waals surface area (Å²) in [6.45, 7) is 2.18. The van der Waals surface area contributed by atoms with E-state index in [1.807, 2.05) is 4.57 Å². The van der Waals surface area contributed by atoms with E-state index in [9.17, 15) is 14.0 Å². The third kappa shape index (κ3) is 4.30. The van der Waals surface area contributed by atoms with Crippen LogP contribution in [0, 0.1) is 5.82 Å². The summed E-state index contributed by atoms with van der Waals surface area (Å²) >= 11 is 0. The van der Waals surface area contributed by atoms with Gasteiger partial charge in [-0.1, -0.05) is 18.2 Å². The Hall–Kier alpha value is -3.25. The topological polar surface area (TPSA) is 74.3 Å². The molecule has 0 aliphatic rings. The fourth-order valence-corrected chi connectivity index (χ4v) is 2.88. The highest BCUT2D eigenvalue weighted by molar-refractivity contribution is 6.08. The molecule has 3 aromatic rings. The first-order valence-corrected chi connectivity index (χ1v) is 8.47. The lowest BCUT2D eigenvalue weighted by atomic mass is 10.1. The number of esters is 1. The van der Waals surface area contributed by atoms with Crippen molar-refractivity contribution < 1.29 is 18.7 Å². The molecule has 0 radical (unpaired) electrons. The molecule has 0 aliphatic heterocycles. The molecule has 1 aromatic heterocycles. The minimum absolute atomic E-state index is 0.196. The molecule has 0 saturated heterocycles. The number of hydrogen-bond donors (Lipinski definition) is 1. The van der Waals surface area contributed by atoms with Gasteiger partial charge in [-0.2, -0.15) is 0 Å². The molecule has 0 aliphatic carbocycles. The van der Waals surface area contributed by atoms with Gasteiger partial charge in [0.1, 0.15) is 11.6 Å². The van der Waals surface area contributed by atoms with Crippen LogP contribution < -0.4 is 10.5 Å². The van der Waals surface area contributed by atoms with Gasteiger partial charge in [0.25, 0.3) is 0 Å². The fraction of sp³-hybridized carbons (Fsp3) is 0.143. The van der Waals surface area contributed by atoms with E-state index >= 15 is 0 Å². The Morgan fingerprint density at radius 3 is 2.56 bits per heavy atom. The van der Waals surface area contributed by atoms with Crippen molar-refractivity contribution >= 4 is 28.7 Å². The van der Waals surface area contributed by atoms with Gasteiger partial charge in [0.15, 0.2) is 0 Å². The van der Waals surface area contributed by atoms with Crippen molar-refractivity contribution in [2.75, 3.05) is 6.54 Å². The lowest BCUT2D eigenvalue weighted by Gasteiger charge is -2.07. The van der Waals surface area contributed by atoms with E-state index in [1.54, 1.807) is 42.5 Å². The van der Waals surface area contributed by atoms with E-state index in [2.05, 4.69) is 0 Å². The van der Waals surface area contributed by atoms with E-state index in [1.165, 1.54) is 25.1 Å². The Kier molecular flexibility index (Phi) is 5.47. The standard InChI is InChI=1S/C21H19FN2O3/c1-14(25)27-18-7-8-19-16(12-18)13-20(24(19)11-10-23)21(26)9-4-15-2-5-17(22)6-3-15/h2-9,12-13H,10-11,23H2,1H3/b9-4+. The van der Waals surface area contributed by atoms with Crippen LogP contribution in [-0.2, 0) is 11.3 Å². The van der Waals surface area contributed by atoms with Gasteiger partial charge < -0.3 is 15.0 Å². The minimum atomic E-state index is -0.408. The number of aromatic nitrogens is 1. The fourth-order valence-electron chi connectivity index (χ4n) is 2.88. The van der Waals surface area contributed by atoms with Crippen molar-refractivity contribution in [2.45, 2.75) is 13.5 Å². The van der Waals surface area contributed by atoms with Gasteiger partial charge in [-0.25, -0.2) is 4.39 Å². The number of allylic oxidation sites excluding steroid dienone is 1. The van der Waals surface area contributed by atoms with Gasteiger partial charge in [0.2, 0.25) is 5.78 Å². The van der Waals surface area contributed by atoms with Gasteiger partial charge in [0.05, 0.1) is 5.69 Å². The number of ketones is 1. The minimum Gasteiger partial charge on any atom is -0.427 e. The van der Waals surface area contributed by atoms with Gasteiger partial charge in [-0.05, 0) is 48.0 Å². The number of hydrogen-bond acceptors (Lipinski definition) is 4. The van der Waals surface area contributed by atoms with E-state index in [0.717, 1.165) is 16.5 Å². The number of carbonyl (C=O) groups is 2. The van der Waals surface area contributed by atoms with Crippen molar-refractivity contribution in [1.29, 1.82) is 0 Å². The molecule has 0 bridgehead atoms. The number of nitrogens with two attached hydrogens (primary N) is 1. The van der Waals surface area contributed by atoms with Crippen LogP contribution >= 0.6 is 0 Å². The van der Waals surface area contributed by atoms with Gasteiger partial charge in [-0.3, -0.25) is 9.59 Å². The summed E-state index contributed by atoms with van der Waals surface area (Å²) in [6, 6.07) is 12.8. The second-order valence-electron chi connectivity index (χ2n) is 6.03. The molecule has 0 unspecified atom stereocenters. The second-order valence-corrected chi connectivity index (χ2v) is 6.03. The highest BCUT2D eigenvalue weighted by Crippen LogP contribution is 2.25. The van der Waals surface area contributed by atoms with Crippen molar-refractivity contribution in [1.82, 2.24) is 4.57 Å². The van der Waals surface area contributed by atoms with E-state index in [4.69, 9.17) is 10.5 Å². The molecule has 6 heteroatoms. The zero-order valence-corrected chi connectivity index (χ0v) is 14.8. The maximum absolute atomic E-state index is 13.0. The molecule has 2 N–H and O–H groups in total. The normalized spacial score (nSPS) is 11.2. The van der Waals surface area contributed by atoms with E-state index in [-0.39, 0.29) is 11.6 Å². The number of halogens is 1. The molecule has 0 saturated carbocycles. The Labute approximate surface area is 155 Å². The number of benzene rings is 2. The molecule has 3 rings (SSSR count). The van der Waals surface area contributed by atoms with Crippen LogP contribution in [0.25, 0.3) is 17.0 Å². The van der Waals surface area contributed by atoms with Crippen molar-refractivity contribution in [3.8, 4) is 5.75 Å². The summed E-state index contributed by atoms with van der Waals surface area (Å²) in [5.41, 5.74) is 7.73. The summed E-state index contributed by atoms with van der Waals surface area (Å²) in [5.74, 6) is -0.516. The van der Waals surface area contributed by atoms with Crippen molar-refractivity contribution in [3.05, 3.63) is 71.7 Å². The summed E-state index contributed by atoms with van der Waals surface area (Å²) in [6.07, 6.45) is 3.08. The molecule has 2 aromatic carbocycles. The highest BCUT2D eigenvalue weighted by Gasteiger charge is 2.14. The predicted octanol–water partition coefficient (Wildman–Crippen LogP) is 3.56. The van der Waals surface area contributed by atoms with Crippen LogP contribution in [0.5, 0.6) is 5.75 Å². The molecule has 27 heavy (non-hydrogen) atoms. The predicted molar refractivity (Wildman–Crippen MR) is 102 cm³/mol. The zero-order valence-electron chi connectivity index (χ0n) is 14.8. The Morgan fingerprint density at radius 1 is 1.15 bits per heavy atom. The average molecular weight is 366 g/mol. The average Bonchev–Trinajstić information content (AvgIpc) is 2.99. The Bertz CT molecular complexity index is 1020. The SMILES string of the molecule is CC(=O)Oc1ccc2c(c1)cc(C(=O)/C=C/c1ccc(F)cc1)n2CCN. The molecule has 5 nitrogen and oxygen atoms in total. The Morgan fingerprint density at radius 2 is 1.89 bits per heavy atom. The van der Waals surface area contributed by atoms with Crippen LogP contribution in [0.4, 0.5) is 4.39 Å². The first kappa shape index (κ1) is 18.5. The van der Waals surface area contributed by atoms with Crippen LogP contribution in [0.2, 0.25) is 0 Å². The zero-order chi connectivity index (χ0) is 19.4. The molecular formula is C21H19FN2O3. The van der Waals surface area contributed by atoms with Crippen molar-refractivity contribution in [2.24, 2.45) is 5.73 Å². The Balaban J connectivity index is 1.95.